The topological polar surface area (TPSA) is 60.9 Å². The maximum absolute atomic E-state index is 14.4. The van der Waals surface area contributed by atoms with E-state index < -0.39 is 5.91 Å². The van der Waals surface area contributed by atoms with Crippen molar-refractivity contribution in [1.82, 2.24) is 9.78 Å². The molecule has 1 atom stereocenters. The van der Waals surface area contributed by atoms with Crippen molar-refractivity contribution >= 4 is 5.91 Å². The van der Waals surface area contributed by atoms with E-state index in [1.165, 1.54) is 6.07 Å². The lowest BCUT2D eigenvalue weighted by atomic mass is 9.85. The van der Waals surface area contributed by atoms with Gasteiger partial charge in [-0.05, 0) is 41.0 Å². The maximum Gasteiger partial charge on any atom is 0.252 e. The molecule has 2 aromatic rings. The van der Waals surface area contributed by atoms with E-state index in [1.54, 1.807) is 24.0 Å². The third kappa shape index (κ3) is 2.03. The van der Waals surface area contributed by atoms with Crippen molar-refractivity contribution in [2.75, 3.05) is 0 Å². The molecule has 0 saturated carbocycles. The van der Waals surface area contributed by atoms with Gasteiger partial charge in [-0.2, -0.15) is 5.10 Å². The quantitative estimate of drug-likeness (QED) is 0.926. The Morgan fingerprint density at radius 2 is 2.14 bits per heavy atom. The summed E-state index contributed by atoms with van der Waals surface area (Å²) >= 11 is 0. The van der Waals surface area contributed by atoms with Gasteiger partial charge < -0.3 is 5.73 Å². The third-order valence-electron chi connectivity index (χ3n) is 4.53. The van der Waals surface area contributed by atoms with Crippen molar-refractivity contribution in [1.29, 1.82) is 0 Å². The van der Waals surface area contributed by atoms with Gasteiger partial charge in [-0.15, -0.1) is 0 Å². The molecule has 0 spiro atoms. The average molecular weight is 301 g/mol. The largest absolute Gasteiger partial charge is 0.365 e. The number of aromatic nitrogens is 2. The monoisotopic (exact) mass is 301 g/mol. The first kappa shape index (κ1) is 14.8. The van der Waals surface area contributed by atoms with Gasteiger partial charge in [0.1, 0.15) is 11.5 Å². The smallest absolute Gasteiger partial charge is 0.252 e. The standard InChI is InChI=1S/C17H20FN3O/c1-9-7-17(2,3)14-12(18)6-5-10(13(9)14)15-11(16(19)22)8-21(4)20-15/h5-6,8-9H,7H2,1-4H3,(H2,19,22)/t9-/m0/s1. The number of primary amides is 1. The Bertz CT molecular complexity index is 776. The number of nitrogens with two attached hydrogens (primary N) is 1. The lowest BCUT2D eigenvalue weighted by molar-refractivity contribution is 0.100. The van der Waals surface area contributed by atoms with Crippen LogP contribution in [0.2, 0.25) is 0 Å². The van der Waals surface area contributed by atoms with Crippen LogP contribution in [0.3, 0.4) is 0 Å². The normalized spacial score (nSPS) is 19.2. The number of nitrogens with zero attached hydrogens (tertiary/aromatic N) is 2. The average Bonchev–Trinajstić information content (AvgIpc) is 2.89. The number of carbonyl (C=O) groups is 1. The molecule has 2 N–H and O–H groups in total. The fourth-order valence-electron chi connectivity index (χ4n) is 3.84. The summed E-state index contributed by atoms with van der Waals surface area (Å²) in [6.07, 6.45) is 2.48. The highest BCUT2D eigenvalue weighted by molar-refractivity contribution is 5.99. The summed E-state index contributed by atoms with van der Waals surface area (Å²) in [6, 6.07) is 3.17. The minimum Gasteiger partial charge on any atom is -0.365 e. The Balaban J connectivity index is 2.32. The molecule has 0 saturated heterocycles. The first-order chi connectivity index (χ1) is 10.2. The van der Waals surface area contributed by atoms with E-state index in [-0.39, 0.29) is 17.2 Å². The lowest BCUT2D eigenvalue weighted by Gasteiger charge is -2.20. The van der Waals surface area contributed by atoms with E-state index >= 15 is 0 Å². The summed E-state index contributed by atoms with van der Waals surface area (Å²) < 4.78 is 16.0. The second kappa shape index (κ2) is 4.66. The number of carbonyl (C=O) groups excluding carboxylic acids is 1. The molecule has 1 heterocycles. The number of halogens is 1. The van der Waals surface area contributed by atoms with E-state index in [1.807, 2.05) is 0 Å². The van der Waals surface area contributed by atoms with E-state index in [0.717, 1.165) is 23.1 Å². The van der Waals surface area contributed by atoms with E-state index in [9.17, 15) is 9.18 Å². The molecule has 0 aliphatic heterocycles. The summed E-state index contributed by atoms with van der Waals surface area (Å²) in [5.41, 5.74) is 8.64. The molecule has 1 aromatic carbocycles. The third-order valence-corrected chi connectivity index (χ3v) is 4.53. The highest BCUT2D eigenvalue weighted by Gasteiger charge is 2.39. The van der Waals surface area contributed by atoms with Crippen molar-refractivity contribution in [2.24, 2.45) is 12.8 Å². The summed E-state index contributed by atoms with van der Waals surface area (Å²) in [4.78, 5) is 11.7. The molecule has 0 bridgehead atoms. The minimum atomic E-state index is -0.522. The Kier molecular flexibility index (Phi) is 3.13. The second-order valence-electron chi connectivity index (χ2n) is 6.80. The van der Waals surface area contributed by atoms with Crippen LogP contribution in [0, 0.1) is 5.82 Å². The highest BCUT2D eigenvalue weighted by Crippen LogP contribution is 2.50. The van der Waals surface area contributed by atoms with Gasteiger partial charge in [0.15, 0.2) is 0 Å². The van der Waals surface area contributed by atoms with Gasteiger partial charge in [-0.25, -0.2) is 4.39 Å². The summed E-state index contributed by atoms with van der Waals surface area (Å²) in [6.45, 7) is 6.19. The van der Waals surface area contributed by atoms with Crippen LogP contribution in [0.25, 0.3) is 11.3 Å². The molecule has 0 unspecified atom stereocenters. The molecule has 5 heteroatoms. The Morgan fingerprint density at radius 3 is 2.77 bits per heavy atom. The molecular formula is C17H20FN3O. The second-order valence-corrected chi connectivity index (χ2v) is 6.80. The molecule has 0 radical (unpaired) electrons. The van der Waals surface area contributed by atoms with Gasteiger partial charge in [-0.3, -0.25) is 9.48 Å². The Labute approximate surface area is 129 Å². The van der Waals surface area contributed by atoms with Crippen LogP contribution < -0.4 is 5.73 Å². The molecule has 1 aliphatic carbocycles. The van der Waals surface area contributed by atoms with Gasteiger partial charge in [0, 0.05) is 18.8 Å². The van der Waals surface area contributed by atoms with Gasteiger partial charge in [0.25, 0.3) is 5.91 Å². The van der Waals surface area contributed by atoms with E-state index in [0.29, 0.717) is 11.3 Å². The van der Waals surface area contributed by atoms with Crippen molar-refractivity contribution in [3.8, 4) is 11.3 Å². The Hall–Kier alpha value is -2.17. The van der Waals surface area contributed by atoms with Crippen LogP contribution in [0.4, 0.5) is 4.39 Å². The predicted molar refractivity (Wildman–Crippen MR) is 83.2 cm³/mol. The summed E-state index contributed by atoms with van der Waals surface area (Å²) in [7, 11) is 1.74. The first-order valence-electron chi connectivity index (χ1n) is 7.39. The fourth-order valence-corrected chi connectivity index (χ4v) is 3.84. The lowest BCUT2D eigenvalue weighted by Crippen LogP contribution is -2.14. The molecular weight excluding hydrogens is 281 g/mol. The number of hydrogen-bond acceptors (Lipinski definition) is 2. The van der Waals surface area contributed by atoms with Crippen LogP contribution in [0.5, 0.6) is 0 Å². The first-order valence-corrected chi connectivity index (χ1v) is 7.39. The van der Waals surface area contributed by atoms with Gasteiger partial charge in [0.2, 0.25) is 0 Å². The summed E-state index contributed by atoms with van der Waals surface area (Å²) in [5, 5.41) is 4.38. The van der Waals surface area contributed by atoms with Gasteiger partial charge >= 0.3 is 0 Å². The predicted octanol–water partition coefficient (Wildman–Crippen LogP) is 3.11. The number of benzene rings is 1. The number of amides is 1. The number of rotatable bonds is 2. The van der Waals surface area contributed by atoms with Gasteiger partial charge in [-0.1, -0.05) is 20.8 Å². The van der Waals surface area contributed by atoms with Crippen molar-refractivity contribution in [3.63, 3.8) is 0 Å². The molecule has 116 valence electrons. The number of aryl methyl sites for hydroxylation is 1. The molecule has 0 fully saturated rings. The van der Waals surface area contributed by atoms with Crippen molar-refractivity contribution in [3.05, 3.63) is 40.8 Å². The fraction of sp³-hybridized carbons (Fsp3) is 0.412. The minimum absolute atomic E-state index is 0.190. The van der Waals surface area contributed by atoms with E-state index in [4.69, 9.17) is 5.73 Å². The zero-order valence-corrected chi connectivity index (χ0v) is 13.3. The highest BCUT2D eigenvalue weighted by atomic mass is 19.1. The summed E-state index contributed by atoms with van der Waals surface area (Å²) in [5.74, 6) is -0.505. The van der Waals surface area contributed by atoms with Gasteiger partial charge in [0.05, 0.1) is 5.56 Å². The molecule has 1 aliphatic rings. The Morgan fingerprint density at radius 1 is 1.45 bits per heavy atom. The SMILES string of the molecule is C[C@H]1CC(C)(C)c2c(F)ccc(-c3nn(C)cc3C(N)=O)c21. The molecule has 1 aromatic heterocycles. The van der Waals surface area contributed by atoms with Crippen LogP contribution in [-0.4, -0.2) is 15.7 Å². The number of hydrogen-bond donors (Lipinski definition) is 1. The number of fused-ring (bicyclic) bond motifs is 1. The van der Waals surface area contributed by atoms with Crippen LogP contribution in [0.15, 0.2) is 18.3 Å². The molecule has 22 heavy (non-hydrogen) atoms. The van der Waals surface area contributed by atoms with Crippen molar-refractivity contribution < 1.29 is 9.18 Å². The van der Waals surface area contributed by atoms with Crippen LogP contribution in [-0.2, 0) is 12.5 Å². The maximum atomic E-state index is 14.4. The van der Waals surface area contributed by atoms with Crippen molar-refractivity contribution in [2.45, 2.75) is 38.5 Å². The van der Waals surface area contributed by atoms with Crippen LogP contribution in [0.1, 0.15) is 54.6 Å². The van der Waals surface area contributed by atoms with Crippen LogP contribution >= 0.6 is 0 Å². The van der Waals surface area contributed by atoms with E-state index in [2.05, 4.69) is 25.9 Å². The molecule has 1 amide bonds. The molecule has 4 nitrogen and oxygen atoms in total. The molecule has 3 rings (SSSR count). The zero-order valence-electron chi connectivity index (χ0n) is 13.3. The zero-order chi connectivity index (χ0) is 16.2.